The molecule has 0 aliphatic rings. The van der Waals surface area contributed by atoms with Crippen molar-refractivity contribution < 1.29 is 4.79 Å². The SMILES string of the molecule is CCC(C)NC(=O)CSc1n[nH]c(=O)c2cc(-c3cccs3)nn12. The van der Waals surface area contributed by atoms with Crippen LogP contribution >= 0.6 is 23.1 Å². The summed E-state index contributed by atoms with van der Waals surface area (Å²) in [4.78, 5) is 24.9. The molecule has 2 N–H and O–H groups in total. The molecular weight excluding hydrogens is 346 g/mol. The van der Waals surface area contributed by atoms with Crippen LogP contribution in [0.2, 0.25) is 0 Å². The molecule has 3 heterocycles. The van der Waals surface area contributed by atoms with E-state index < -0.39 is 0 Å². The number of fused-ring (bicyclic) bond motifs is 1. The largest absolute Gasteiger partial charge is 0.353 e. The predicted octanol–water partition coefficient (Wildman–Crippen LogP) is 2.15. The maximum absolute atomic E-state index is 12.0. The molecule has 0 bridgehead atoms. The van der Waals surface area contributed by atoms with Crippen LogP contribution in [0.25, 0.3) is 16.1 Å². The Morgan fingerprint density at radius 3 is 3.08 bits per heavy atom. The van der Waals surface area contributed by atoms with Crippen LogP contribution in [0.15, 0.2) is 33.5 Å². The molecule has 3 aromatic heterocycles. The number of carbonyl (C=O) groups excluding carboxylic acids is 1. The van der Waals surface area contributed by atoms with E-state index in [2.05, 4.69) is 20.6 Å². The van der Waals surface area contributed by atoms with Crippen molar-refractivity contribution in [3.8, 4) is 10.6 Å². The van der Waals surface area contributed by atoms with Gasteiger partial charge in [0.2, 0.25) is 11.1 Å². The third kappa shape index (κ3) is 3.51. The summed E-state index contributed by atoms with van der Waals surface area (Å²) in [5.74, 6) is 0.147. The van der Waals surface area contributed by atoms with E-state index in [0.29, 0.717) is 10.7 Å². The van der Waals surface area contributed by atoms with Gasteiger partial charge in [0.05, 0.1) is 10.6 Å². The summed E-state index contributed by atoms with van der Waals surface area (Å²) in [7, 11) is 0. The molecule has 126 valence electrons. The minimum atomic E-state index is -0.307. The number of aromatic nitrogens is 4. The first-order chi connectivity index (χ1) is 11.6. The van der Waals surface area contributed by atoms with E-state index in [1.165, 1.54) is 16.3 Å². The van der Waals surface area contributed by atoms with Crippen molar-refractivity contribution in [2.24, 2.45) is 0 Å². The number of carbonyl (C=O) groups is 1. The smallest absolute Gasteiger partial charge is 0.290 e. The number of thiophene rings is 1. The fraction of sp³-hybridized carbons (Fsp3) is 0.333. The molecule has 3 aromatic rings. The summed E-state index contributed by atoms with van der Waals surface area (Å²) in [5, 5.41) is 16.3. The van der Waals surface area contributed by atoms with E-state index in [-0.39, 0.29) is 23.3 Å². The Kier molecular flexibility index (Phi) is 5.00. The molecule has 0 fully saturated rings. The number of thioether (sulfide) groups is 1. The van der Waals surface area contributed by atoms with Gasteiger partial charge in [0.25, 0.3) is 5.56 Å². The lowest BCUT2D eigenvalue weighted by Crippen LogP contribution is -2.33. The Morgan fingerprint density at radius 1 is 1.54 bits per heavy atom. The van der Waals surface area contributed by atoms with Gasteiger partial charge in [-0.05, 0) is 30.9 Å². The second-order valence-corrected chi connectivity index (χ2v) is 7.19. The van der Waals surface area contributed by atoms with Gasteiger partial charge in [0, 0.05) is 6.04 Å². The molecule has 7 nitrogen and oxygen atoms in total. The van der Waals surface area contributed by atoms with Gasteiger partial charge in [-0.15, -0.1) is 16.4 Å². The molecule has 9 heteroatoms. The number of aromatic amines is 1. The van der Waals surface area contributed by atoms with Gasteiger partial charge in [-0.25, -0.2) is 9.61 Å². The maximum atomic E-state index is 12.0. The first kappa shape index (κ1) is 16.7. The summed E-state index contributed by atoms with van der Waals surface area (Å²) in [6.07, 6.45) is 0.876. The van der Waals surface area contributed by atoms with E-state index in [4.69, 9.17) is 0 Å². The van der Waals surface area contributed by atoms with Crippen LogP contribution in [0.4, 0.5) is 0 Å². The lowest BCUT2D eigenvalue weighted by atomic mass is 10.3. The molecule has 0 saturated carbocycles. The second kappa shape index (κ2) is 7.18. The average molecular weight is 363 g/mol. The van der Waals surface area contributed by atoms with Crippen LogP contribution in [0.1, 0.15) is 20.3 Å². The first-order valence-electron chi connectivity index (χ1n) is 7.53. The molecule has 0 aromatic carbocycles. The number of rotatable bonds is 6. The Labute approximate surface area is 146 Å². The fourth-order valence-electron chi connectivity index (χ4n) is 2.08. The Hall–Kier alpha value is -2.13. The summed E-state index contributed by atoms with van der Waals surface area (Å²) in [5.41, 5.74) is 0.825. The molecule has 1 amide bonds. The molecule has 0 spiro atoms. The third-order valence-electron chi connectivity index (χ3n) is 3.50. The van der Waals surface area contributed by atoms with Gasteiger partial charge in [0.15, 0.2) is 0 Å². The summed E-state index contributed by atoms with van der Waals surface area (Å²) in [6, 6.07) is 5.74. The van der Waals surface area contributed by atoms with Gasteiger partial charge in [-0.3, -0.25) is 9.59 Å². The number of hydrogen-bond acceptors (Lipinski definition) is 6. The molecule has 0 aliphatic heterocycles. The average Bonchev–Trinajstić information content (AvgIpc) is 3.23. The molecule has 1 atom stereocenters. The molecule has 0 radical (unpaired) electrons. The van der Waals surface area contributed by atoms with Crippen molar-refractivity contribution in [2.75, 3.05) is 5.75 Å². The van der Waals surface area contributed by atoms with Gasteiger partial charge in [-0.1, -0.05) is 24.8 Å². The lowest BCUT2D eigenvalue weighted by molar-refractivity contribution is -0.119. The fourth-order valence-corrected chi connectivity index (χ4v) is 3.48. The maximum Gasteiger partial charge on any atom is 0.290 e. The normalized spacial score (nSPS) is 12.4. The molecule has 0 aliphatic carbocycles. The van der Waals surface area contributed by atoms with Crippen molar-refractivity contribution in [3.63, 3.8) is 0 Å². The topological polar surface area (TPSA) is 92.1 Å². The lowest BCUT2D eigenvalue weighted by Gasteiger charge is -2.10. The second-order valence-electron chi connectivity index (χ2n) is 5.30. The van der Waals surface area contributed by atoms with Crippen molar-refractivity contribution in [1.82, 2.24) is 25.1 Å². The molecule has 1 unspecified atom stereocenters. The van der Waals surface area contributed by atoms with Crippen molar-refractivity contribution in [1.29, 1.82) is 0 Å². The number of H-pyrrole nitrogens is 1. The summed E-state index contributed by atoms with van der Waals surface area (Å²) >= 11 is 2.79. The Morgan fingerprint density at radius 2 is 2.38 bits per heavy atom. The molecule has 0 saturated heterocycles. The first-order valence-corrected chi connectivity index (χ1v) is 9.39. The molecule has 3 rings (SSSR count). The monoisotopic (exact) mass is 363 g/mol. The van der Waals surface area contributed by atoms with E-state index in [0.717, 1.165) is 17.0 Å². The predicted molar refractivity (Wildman–Crippen MR) is 95.5 cm³/mol. The van der Waals surface area contributed by atoms with Crippen LogP contribution in [-0.4, -0.2) is 37.5 Å². The highest BCUT2D eigenvalue weighted by Gasteiger charge is 2.14. The standard InChI is InChI=1S/C15H17N5O2S2/c1-3-9(2)16-13(21)8-24-15-18-17-14(22)11-7-10(19-20(11)15)12-5-4-6-23-12/h4-7,9H,3,8H2,1-2H3,(H,16,21)(H,17,22). The molecular formula is C15H17N5O2S2. The van der Waals surface area contributed by atoms with Crippen LogP contribution in [0.3, 0.4) is 0 Å². The van der Waals surface area contributed by atoms with Gasteiger partial charge >= 0.3 is 0 Å². The highest BCUT2D eigenvalue weighted by molar-refractivity contribution is 7.99. The number of nitrogens with one attached hydrogen (secondary N) is 2. The molecule has 24 heavy (non-hydrogen) atoms. The zero-order valence-electron chi connectivity index (χ0n) is 13.3. The van der Waals surface area contributed by atoms with Gasteiger partial charge in [-0.2, -0.15) is 5.10 Å². The van der Waals surface area contributed by atoms with E-state index >= 15 is 0 Å². The van der Waals surface area contributed by atoms with Crippen LogP contribution < -0.4 is 10.9 Å². The summed E-state index contributed by atoms with van der Waals surface area (Å²) < 4.78 is 1.50. The van der Waals surface area contributed by atoms with Crippen molar-refractivity contribution in [2.45, 2.75) is 31.5 Å². The highest BCUT2D eigenvalue weighted by atomic mass is 32.2. The van der Waals surface area contributed by atoms with Crippen molar-refractivity contribution in [3.05, 3.63) is 33.9 Å². The van der Waals surface area contributed by atoms with Gasteiger partial charge in [0.1, 0.15) is 11.2 Å². The minimum absolute atomic E-state index is 0.0684. The highest BCUT2D eigenvalue weighted by Crippen LogP contribution is 2.25. The van der Waals surface area contributed by atoms with E-state index in [1.54, 1.807) is 17.4 Å². The Balaban J connectivity index is 1.85. The van der Waals surface area contributed by atoms with E-state index in [1.807, 2.05) is 31.4 Å². The van der Waals surface area contributed by atoms with Crippen LogP contribution in [0.5, 0.6) is 0 Å². The summed E-state index contributed by atoms with van der Waals surface area (Å²) in [6.45, 7) is 3.97. The number of hydrogen-bond donors (Lipinski definition) is 2. The Bertz CT molecular complexity index is 900. The van der Waals surface area contributed by atoms with E-state index in [9.17, 15) is 9.59 Å². The quantitative estimate of drug-likeness (QED) is 0.655. The zero-order valence-corrected chi connectivity index (χ0v) is 14.9. The number of nitrogens with zero attached hydrogens (tertiary/aromatic N) is 3. The van der Waals surface area contributed by atoms with Crippen molar-refractivity contribution >= 4 is 34.5 Å². The van der Waals surface area contributed by atoms with Crippen LogP contribution in [-0.2, 0) is 4.79 Å². The number of amides is 1. The van der Waals surface area contributed by atoms with Crippen LogP contribution in [0, 0.1) is 0 Å². The third-order valence-corrected chi connectivity index (χ3v) is 5.32. The zero-order chi connectivity index (χ0) is 17.1. The van der Waals surface area contributed by atoms with Gasteiger partial charge < -0.3 is 5.32 Å². The minimum Gasteiger partial charge on any atom is -0.353 e.